The molecule has 0 saturated heterocycles. The van der Waals surface area contributed by atoms with E-state index in [0.29, 0.717) is 0 Å². The fraction of sp³-hybridized carbons (Fsp3) is 0.615. The molecular formula is C13H22N2O3S. The zero-order valence-electron chi connectivity index (χ0n) is 11.1. The zero-order valence-corrected chi connectivity index (χ0v) is 11.9. The Labute approximate surface area is 115 Å². The van der Waals surface area contributed by atoms with Crippen LogP contribution in [0.15, 0.2) is 28.9 Å². The Kier molecular flexibility index (Phi) is 7.97. The highest BCUT2D eigenvalue weighted by molar-refractivity contribution is 7.94. The first kappa shape index (κ1) is 15.8. The molecule has 0 aromatic rings. The van der Waals surface area contributed by atoms with E-state index in [1.165, 1.54) is 38.4 Å². The lowest BCUT2D eigenvalue weighted by molar-refractivity contribution is 0.318. The number of rotatable bonds is 0. The van der Waals surface area contributed by atoms with Crippen molar-refractivity contribution in [1.82, 2.24) is 5.32 Å². The molecule has 6 heteroatoms. The van der Waals surface area contributed by atoms with Crippen LogP contribution >= 0.6 is 0 Å². The second kappa shape index (κ2) is 9.61. The Hall–Kier alpha value is -1.30. The van der Waals surface area contributed by atoms with Crippen molar-refractivity contribution in [2.24, 2.45) is 4.99 Å². The number of hydrogen-bond acceptors (Lipinski definition) is 5. The van der Waals surface area contributed by atoms with Gasteiger partial charge in [0, 0.05) is 13.1 Å². The van der Waals surface area contributed by atoms with Gasteiger partial charge in [0.1, 0.15) is 0 Å². The third kappa shape index (κ3) is 9.30. The molecule has 0 radical (unpaired) electrons. The highest BCUT2D eigenvalue weighted by Gasteiger charge is 2.09. The summed E-state index contributed by atoms with van der Waals surface area (Å²) in [5.74, 6) is -0.188. The average Bonchev–Trinajstić information content (AvgIpc) is 2.88. The number of sulfone groups is 1. The molecule has 0 fully saturated rings. The van der Waals surface area contributed by atoms with Crippen molar-refractivity contribution in [3.8, 4) is 0 Å². The maximum absolute atomic E-state index is 10.2. The molecule has 5 nitrogen and oxygen atoms in total. The quantitative estimate of drug-likeness (QED) is 0.739. The van der Waals surface area contributed by atoms with Gasteiger partial charge in [0.2, 0.25) is 9.84 Å². The average molecular weight is 286 g/mol. The van der Waals surface area contributed by atoms with Crippen molar-refractivity contribution < 1.29 is 13.2 Å². The van der Waals surface area contributed by atoms with Gasteiger partial charge >= 0.3 is 0 Å². The van der Waals surface area contributed by atoms with E-state index in [2.05, 4.69) is 21.1 Å². The van der Waals surface area contributed by atoms with Gasteiger partial charge in [-0.3, -0.25) is 4.99 Å². The van der Waals surface area contributed by atoms with E-state index < -0.39 is 9.84 Å². The topological polar surface area (TPSA) is 67.8 Å². The molecule has 0 aromatic heterocycles. The van der Waals surface area contributed by atoms with Gasteiger partial charge in [-0.15, -0.1) is 0 Å². The van der Waals surface area contributed by atoms with Crippen molar-refractivity contribution in [3.63, 3.8) is 0 Å². The summed E-state index contributed by atoms with van der Waals surface area (Å²) in [6.07, 6.45) is 13.8. The molecule has 0 aliphatic carbocycles. The first-order valence-corrected chi connectivity index (χ1v) is 8.30. The van der Waals surface area contributed by atoms with Gasteiger partial charge in [0.25, 0.3) is 0 Å². The minimum atomic E-state index is -2.95. The fourth-order valence-corrected chi connectivity index (χ4v) is 2.09. The number of nitrogens with zero attached hydrogens (tertiary/aromatic N) is 1. The highest BCUT2D eigenvalue weighted by atomic mass is 32.2. The molecule has 3 rings (SSSR count). The van der Waals surface area contributed by atoms with E-state index in [4.69, 9.17) is 0 Å². The molecule has 3 heterocycles. The molecule has 0 saturated carbocycles. The Morgan fingerprint density at radius 3 is 2.21 bits per heavy atom. The first-order chi connectivity index (χ1) is 9.21. The van der Waals surface area contributed by atoms with Crippen molar-refractivity contribution >= 4 is 16.1 Å². The van der Waals surface area contributed by atoms with Crippen LogP contribution in [0, 0.1) is 0 Å². The maximum atomic E-state index is 10.2. The summed E-state index contributed by atoms with van der Waals surface area (Å²) in [6.45, 7) is 2.23. The monoisotopic (exact) mass is 286 g/mol. The van der Waals surface area contributed by atoms with Crippen molar-refractivity contribution in [2.75, 3.05) is 19.0 Å². The normalized spacial score (nSPS) is 22.1. The molecule has 3 aliphatic rings. The summed E-state index contributed by atoms with van der Waals surface area (Å²) in [5.41, 5.74) is 0. The van der Waals surface area contributed by atoms with E-state index in [9.17, 15) is 8.42 Å². The largest absolute Gasteiger partial charge is 0.484 e. The van der Waals surface area contributed by atoms with Gasteiger partial charge in [-0.2, -0.15) is 0 Å². The molecule has 0 amide bonds. The highest BCUT2D eigenvalue weighted by Crippen LogP contribution is 2.01. The van der Waals surface area contributed by atoms with E-state index in [1.807, 2.05) is 12.4 Å². The number of ether oxygens (including phenoxy) is 1. The van der Waals surface area contributed by atoms with Gasteiger partial charge in [-0.05, 0) is 44.5 Å². The standard InChI is InChI=1S/2C5H9N.C3H4O3S/c2*1-2-4-6-5-3-1;4-7(5)2-1-6-3-7/h4H,1-3,5H2;2,4,6H,1,3,5H2;1-2H,3H2. The van der Waals surface area contributed by atoms with Crippen LogP contribution in [0.3, 0.4) is 0 Å². The van der Waals surface area contributed by atoms with Crippen molar-refractivity contribution in [1.29, 1.82) is 0 Å². The summed E-state index contributed by atoms with van der Waals surface area (Å²) >= 11 is 0. The predicted octanol–water partition coefficient (Wildman–Crippen LogP) is 1.98. The van der Waals surface area contributed by atoms with Crippen LogP contribution in [0.5, 0.6) is 0 Å². The molecule has 0 spiro atoms. The Balaban J connectivity index is 0.000000143. The van der Waals surface area contributed by atoms with Crippen LogP contribution in [0.25, 0.3) is 0 Å². The molecular weight excluding hydrogens is 264 g/mol. The van der Waals surface area contributed by atoms with E-state index >= 15 is 0 Å². The number of nitrogens with one attached hydrogen (secondary N) is 1. The molecule has 1 N–H and O–H groups in total. The summed E-state index contributed by atoms with van der Waals surface area (Å²) < 4.78 is 24.8. The number of hydrogen-bond donors (Lipinski definition) is 1. The summed E-state index contributed by atoms with van der Waals surface area (Å²) in [6, 6.07) is 0. The van der Waals surface area contributed by atoms with Crippen LogP contribution in [0.2, 0.25) is 0 Å². The maximum Gasteiger partial charge on any atom is 0.209 e. The smallest absolute Gasteiger partial charge is 0.209 e. The van der Waals surface area contributed by atoms with Gasteiger partial charge in [-0.1, -0.05) is 6.08 Å². The van der Waals surface area contributed by atoms with Crippen LogP contribution < -0.4 is 5.32 Å². The van der Waals surface area contributed by atoms with Crippen LogP contribution in [0.1, 0.15) is 32.1 Å². The Morgan fingerprint density at radius 1 is 1.16 bits per heavy atom. The third-order valence-electron chi connectivity index (χ3n) is 2.52. The van der Waals surface area contributed by atoms with Crippen molar-refractivity contribution in [3.05, 3.63) is 23.9 Å². The predicted molar refractivity (Wildman–Crippen MR) is 77.6 cm³/mol. The van der Waals surface area contributed by atoms with Gasteiger partial charge in [0.05, 0.1) is 11.7 Å². The van der Waals surface area contributed by atoms with Crippen LogP contribution in [0.4, 0.5) is 0 Å². The van der Waals surface area contributed by atoms with Crippen molar-refractivity contribution in [2.45, 2.75) is 32.1 Å². The lowest BCUT2D eigenvalue weighted by Gasteiger charge is -2.02. The lowest BCUT2D eigenvalue weighted by Crippen LogP contribution is -2.09. The fourth-order valence-electron chi connectivity index (χ4n) is 1.49. The summed E-state index contributed by atoms with van der Waals surface area (Å²) in [4.78, 5) is 4.05. The molecule has 0 unspecified atom stereocenters. The minimum absolute atomic E-state index is 0.188. The third-order valence-corrected chi connectivity index (χ3v) is 3.51. The number of allylic oxidation sites excluding steroid dienone is 1. The minimum Gasteiger partial charge on any atom is -0.484 e. The first-order valence-electron chi connectivity index (χ1n) is 6.58. The zero-order chi connectivity index (χ0) is 13.8. The molecule has 108 valence electrons. The van der Waals surface area contributed by atoms with Gasteiger partial charge < -0.3 is 10.1 Å². The second-order valence-electron chi connectivity index (χ2n) is 4.30. The van der Waals surface area contributed by atoms with E-state index in [-0.39, 0.29) is 5.94 Å². The summed E-state index contributed by atoms with van der Waals surface area (Å²) in [7, 11) is -2.95. The van der Waals surface area contributed by atoms with E-state index in [1.54, 1.807) is 0 Å². The van der Waals surface area contributed by atoms with E-state index in [0.717, 1.165) is 18.5 Å². The van der Waals surface area contributed by atoms with Crippen LogP contribution in [-0.4, -0.2) is 33.7 Å². The molecule has 0 aromatic carbocycles. The Morgan fingerprint density at radius 2 is 2.05 bits per heavy atom. The summed E-state index contributed by atoms with van der Waals surface area (Å²) in [5, 5.41) is 4.15. The molecule has 0 bridgehead atoms. The molecule has 3 aliphatic heterocycles. The van der Waals surface area contributed by atoms with Gasteiger partial charge in [-0.25, -0.2) is 8.42 Å². The Bertz CT molecular complexity index is 380. The second-order valence-corrected chi connectivity index (χ2v) is 6.14. The van der Waals surface area contributed by atoms with Crippen LogP contribution in [-0.2, 0) is 14.6 Å². The molecule has 19 heavy (non-hydrogen) atoms. The number of aliphatic imine (C=N–C) groups is 1. The molecule has 0 atom stereocenters. The lowest BCUT2D eigenvalue weighted by atomic mass is 10.2. The van der Waals surface area contributed by atoms with Gasteiger partial charge in [0.15, 0.2) is 5.94 Å². The SMILES string of the molecule is C1=CNCCC1.C1=NCCCC1.O=S1(=O)C=COC1.